The monoisotopic (exact) mass is 279 g/mol. The highest BCUT2D eigenvalue weighted by Crippen LogP contribution is 2.21. The number of carboxylic acids is 1. The van der Waals surface area contributed by atoms with Crippen LogP contribution in [0.4, 0.5) is 10.5 Å². The summed E-state index contributed by atoms with van der Waals surface area (Å²) in [6, 6.07) is 0.451. The fraction of sp³-hybridized carbons (Fsp3) is 0.462. The highest BCUT2D eigenvalue weighted by Gasteiger charge is 2.39. The predicted molar refractivity (Wildman–Crippen MR) is 71.5 cm³/mol. The van der Waals surface area contributed by atoms with E-state index in [-0.39, 0.29) is 12.6 Å². The van der Waals surface area contributed by atoms with E-state index < -0.39 is 18.0 Å². The molecule has 1 aliphatic heterocycles. The number of hydrogen-bond donors (Lipinski definition) is 2. The number of carbonyl (C=O) groups is 2. The first kappa shape index (κ1) is 14.3. The van der Waals surface area contributed by atoms with E-state index in [0.29, 0.717) is 12.1 Å². The molecule has 2 N–H and O–H groups in total. The highest BCUT2D eigenvalue weighted by molar-refractivity contribution is 5.92. The van der Waals surface area contributed by atoms with Crippen molar-refractivity contribution in [1.29, 1.82) is 0 Å². The van der Waals surface area contributed by atoms with E-state index in [1.165, 1.54) is 18.2 Å². The zero-order chi connectivity index (χ0) is 14.7. The lowest BCUT2D eigenvalue weighted by Crippen LogP contribution is -2.43. The van der Waals surface area contributed by atoms with Gasteiger partial charge in [-0.15, -0.1) is 0 Å². The van der Waals surface area contributed by atoms with Crippen LogP contribution >= 0.6 is 0 Å². The van der Waals surface area contributed by atoms with Crippen LogP contribution in [0.2, 0.25) is 0 Å². The third kappa shape index (κ3) is 3.05. The lowest BCUT2D eigenvalue weighted by Gasteiger charge is -2.21. The van der Waals surface area contributed by atoms with Gasteiger partial charge in [-0.05, 0) is 18.6 Å². The molecule has 0 spiro atoms. The second-order valence-corrected chi connectivity index (χ2v) is 4.78. The van der Waals surface area contributed by atoms with E-state index in [1.54, 1.807) is 12.3 Å². The number of aromatic nitrogens is 1. The van der Waals surface area contributed by atoms with Crippen LogP contribution in [0.5, 0.6) is 0 Å². The zero-order valence-electron chi connectivity index (χ0n) is 11.4. The average Bonchev–Trinajstić information content (AvgIpc) is 2.83. The van der Waals surface area contributed by atoms with Crippen LogP contribution < -0.4 is 5.32 Å². The van der Waals surface area contributed by atoms with Crippen LogP contribution in [0.25, 0.3) is 0 Å². The molecular formula is C13H17N3O4. The number of nitrogens with zero attached hydrogens (tertiary/aromatic N) is 2. The molecule has 0 saturated carbocycles. The average molecular weight is 279 g/mol. The number of hydrogen-bond acceptors (Lipinski definition) is 4. The Morgan fingerprint density at radius 3 is 2.85 bits per heavy atom. The molecule has 1 fully saturated rings. The summed E-state index contributed by atoms with van der Waals surface area (Å²) in [6.45, 7) is 2.12. The van der Waals surface area contributed by atoms with Gasteiger partial charge in [0.25, 0.3) is 0 Å². The van der Waals surface area contributed by atoms with Crippen molar-refractivity contribution in [3.63, 3.8) is 0 Å². The van der Waals surface area contributed by atoms with Gasteiger partial charge in [-0.25, -0.2) is 9.59 Å². The molecule has 0 aliphatic carbocycles. The molecule has 7 nitrogen and oxygen atoms in total. The fourth-order valence-electron chi connectivity index (χ4n) is 2.25. The first-order chi connectivity index (χ1) is 9.51. The van der Waals surface area contributed by atoms with Crippen molar-refractivity contribution in [2.24, 2.45) is 0 Å². The van der Waals surface area contributed by atoms with Crippen molar-refractivity contribution in [2.45, 2.75) is 25.5 Å². The van der Waals surface area contributed by atoms with Gasteiger partial charge in [0.2, 0.25) is 0 Å². The number of urea groups is 1. The Labute approximate surface area is 116 Å². The van der Waals surface area contributed by atoms with E-state index in [2.05, 4.69) is 10.3 Å². The van der Waals surface area contributed by atoms with Gasteiger partial charge in [-0.3, -0.25) is 4.98 Å². The molecule has 0 bridgehead atoms. The topological polar surface area (TPSA) is 91.8 Å². The van der Waals surface area contributed by atoms with E-state index in [0.717, 1.165) is 5.56 Å². The Hall–Kier alpha value is -2.15. The summed E-state index contributed by atoms with van der Waals surface area (Å²) in [5.74, 6) is -1.03. The van der Waals surface area contributed by atoms with Gasteiger partial charge < -0.3 is 20.1 Å². The number of anilines is 1. The smallest absolute Gasteiger partial charge is 0.326 e. The van der Waals surface area contributed by atoms with E-state index in [9.17, 15) is 9.59 Å². The number of carbonyl (C=O) groups excluding carboxylic acids is 1. The number of likely N-dealkylation sites (tertiary alicyclic amines) is 1. The maximum absolute atomic E-state index is 12.2. The van der Waals surface area contributed by atoms with Crippen LogP contribution in [0, 0.1) is 6.92 Å². The molecular weight excluding hydrogens is 262 g/mol. The molecule has 1 aromatic rings. The Morgan fingerprint density at radius 1 is 1.50 bits per heavy atom. The third-order valence-corrected chi connectivity index (χ3v) is 3.27. The Morgan fingerprint density at radius 2 is 2.25 bits per heavy atom. The number of aliphatic carboxylic acids is 1. The quantitative estimate of drug-likeness (QED) is 0.864. The number of nitrogens with one attached hydrogen (secondary N) is 1. The van der Waals surface area contributed by atoms with Gasteiger partial charge in [-0.1, -0.05) is 0 Å². The van der Waals surface area contributed by atoms with E-state index in [1.807, 2.05) is 6.92 Å². The second kappa shape index (κ2) is 5.87. The minimum Gasteiger partial charge on any atom is -0.480 e. The number of aryl methyl sites for hydroxylation is 1. The predicted octanol–water partition coefficient (Wildman–Crippen LogP) is 1.10. The Balaban J connectivity index is 2.09. The van der Waals surface area contributed by atoms with Crippen LogP contribution in [0.1, 0.15) is 12.0 Å². The summed E-state index contributed by atoms with van der Waals surface area (Å²) in [6.07, 6.45) is 3.24. The second-order valence-electron chi connectivity index (χ2n) is 4.78. The van der Waals surface area contributed by atoms with Crippen molar-refractivity contribution < 1.29 is 19.4 Å². The molecule has 2 unspecified atom stereocenters. The summed E-state index contributed by atoms with van der Waals surface area (Å²) in [5.41, 5.74) is 1.45. The molecule has 0 radical (unpaired) electrons. The van der Waals surface area contributed by atoms with Crippen LogP contribution in [0.15, 0.2) is 18.5 Å². The maximum Gasteiger partial charge on any atom is 0.326 e. The SMILES string of the molecule is COC1CC(C(=O)O)N(C(=O)Nc2cncc(C)c2)C1. The van der Waals surface area contributed by atoms with Crippen LogP contribution in [0.3, 0.4) is 0 Å². The molecule has 7 heteroatoms. The first-order valence-corrected chi connectivity index (χ1v) is 6.26. The molecule has 1 saturated heterocycles. The highest BCUT2D eigenvalue weighted by atomic mass is 16.5. The maximum atomic E-state index is 12.2. The molecule has 20 heavy (non-hydrogen) atoms. The van der Waals surface area contributed by atoms with Gasteiger partial charge in [0.1, 0.15) is 6.04 Å². The van der Waals surface area contributed by atoms with Gasteiger partial charge in [-0.2, -0.15) is 0 Å². The van der Waals surface area contributed by atoms with Crippen molar-refractivity contribution in [2.75, 3.05) is 19.0 Å². The van der Waals surface area contributed by atoms with Crippen molar-refractivity contribution in [3.8, 4) is 0 Å². The summed E-state index contributed by atoms with van der Waals surface area (Å²) in [5, 5.41) is 11.8. The lowest BCUT2D eigenvalue weighted by molar-refractivity contribution is -0.141. The largest absolute Gasteiger partial charge is 0.480 e. The molecule has 1 aromatic heterocycles. The van der Waals surface area contributed by atoms with Crippen molar-refractivity contribution in [1.82, 2.24) is 9.88 Å². The molecule has 2 amide bonds. The number of methoxy groups -OCH3 is 1. The number of rotatable bonds is 3. The number of carboxylic acid groups (broad SMARTS) is 1. The van der Waals surface area contributed by atoms with Gasteiger partial charge in [0.15, 0.2) is 0 Å². The summed E-state index contributed by atoms with van der Waals surface area (Å²) >= 11 is 0. The number of pyridine rings is 1. The number of ether oxygens (including phenoxy) is 1. The summed E-state index contributed by atoms with van der Waals surface area (Å²) in [7, 11) is 1.51. The number of amides is 2. The van der Waals surface area contributed by atoms with Crippen LogP contribution in [-0.4, -0.2) is 52.8 Å². The van der Waals surface area contributed by atoms with Crippen molar-refractivity contribution >= 4 is 17.7 Å². The van der Waals surface area contributed by atoms with Gasteiger partial charge >= 0.3 is 12.0 Å². The van der Waals surface area contributed by atoms with Gasteiger partial charge in [0, 0.05) is 26.3 Å². The lowest BCUT2D eigenvalue weighted by atomic mass is 10.2. The molecule has 2 atom stereocenters. The van der Waals surface area contributed by atoms with Gasteiger partial charge in [0.05, 0.1) is 18.0 Å². The molecule has 2 heterocycles. The summed E-state index contributed by atoms with van der Waals surface area (Å²) < 4.78 is 5.14. The van der Waals surface area contributed by atoms with E-state index >= 15 is 0 Å². The molecule has 108 valence electrons. The summed E-state index contributed by atoms with van der Waals surface area (Å²) in [4.78, 5) is 28.6. The molecule has 2 rings (SSSR count). The van der Waals surface area contributed by atoms with Crippen LogP contribution in [-0.2, 0) is 9.53 Å². The Kier molecular flexibility index (Phi) is 4.19. The zero-order valence-corrected chi connectivity index (χ0v) is 11.4. The molecule has 0 aromatic carbocycles. The minimum atomic E-state index is -1.03. The molecule has 1 aliphatic rings. The Bertz CT molecular complexity index is 520. The van der Waals surface area contributed by atoms with E-state index in [4.69, 9.17) is 9.84 Å². The first-order valence-electron chi connectivity index (χ1n) is 6.26. The van der Waals surface area contributed by atoms with Crippen molar-refractivity contribution in [3.05, 3.63) is 24.0 Å². The third-order valence-electron chi connectivity index (χ3n) is 3.27. The fourth-order valence-corrected chi connectivity index (χ4v) is 2.25. The minimum absolute atomic E-state index is 0.252. The standard InChI is InChI=1S/C13H17N3O4/c1-8-3-9(6-14-5-8)15-13(19)16-7-10(20-2)4-11(16)12(17)18/h3,5-6,10-11H,4,7H2,1-2H3,(H,15,19)(H,17,18). The normalized spacial score (nSPS) is 21.8.